The van der Waals surface area contributed by atoms with Gasteiger partial charge in [-0.1, -0.05) is 12.1 Å². The zero-order chi connectivity index (χ0) is 10.7. The summed E-state index contributed by atoms with van der Waals surface area (Å²) in [4.78, 5) is 0. The van der Waals surface area contributed by atoms with Gasteiger partial charge >= 0.3 is 0 Å². The summed E-state index contributed by atoms with van der Waals surface area (Å²) in [6, 6.07) is 7.71. The molecular weight excluding hydrogens is 193 g/mol. The maximum Gasteiger partial charge on any atom is 0.134 e. The first-order valence-electron chi connectivity index (χ1n) is 5.04. The first-order valence-corrected chi connectivity index (χ1v) is 5.04. The third kappa shape index (κ3) is 2.36. The minimum Gasteiger partial charge on any atom is -0.464 e. The van der Waals surface area contributed by atoms with E-state index in [9.17, 15) is 4.39 Å². The second-order valence-corrected chi connectivity index (χ2v) is 3.65. The Labute approximate surface area is 88.1 Å². The minimum absolute atomic E-state index is 0.385. The van der Waals surface area contributed by atoms with E-state index in [0.29, 0.717) is 13.0 Å². The molecule has 0 aliphatic rings. The van der Waals surface area contributed by atoms with Gasteiger partial charge in [-0.05, 0) is 24.7 Å². The molecule has 15 heavy (non-hydrogen) atoms. The molecule has 2 aromatic rings. The van der Waals surface area contributed by atoms with Crippen LogP contribution in [0, 0.1) is 0 Å². The van der Waals surface area contributed by atoms with Crippen molar-refractivity contribution in [3.05, 3.63) is 36.1 Å². The molecule has 0 bridgehead atoms. The van der Waals surface area contributed by atoms with Crippen LogP contribution in [0.3, 0.4) is 0 Å². The fraction of sp³-hybridized carbons (Fsp3) is 0.333. The largest absolute Gasteiger partial charge is 0.464 e. The Morgan fingerprint density at radius 3 is 3.07 bits per heavy atom. The fourth-order valence-corrected chi connectivity index (χ4v) is 1.68. The van der Waals surface area contributed by atoms with Gasteiger partial charge in [-0.3, -0.25) is 0 Å². The van der Waals surface area contributed by atoms with Crippen molar-refractivity contribution in [2.24, 2.45) is 0 Å². The van der Waals surface area contributed by atoms with Crippen molar-refractivity contribution in [2.75, 3.05) is 13.6 Å². The molecule has 1 aromatic heterocycles. The van der Waals surface area contributed by atoms with E-state index >= 15 is 0 Å². The number of hydrogen-bond acceptors (Lipinski definition) is 2. The molecule has 0 fully saturated rings. The quantitative estimate of drug-likeness (QED) is 0.833. The fourth-order valence-electron chi connectivity index (χ4n) is 1.68. The van der Waals surface area contributed by atoms with Gasteiger partial charge in [0.1, 0.15) is 11.8 Å². The number of benzene rings is 1. The summed E-state index contributed by atoms with van der Waals surface area (Å²) in [5.41, 5.74) is 1.80. The van der Waals surface area contributed by atoms with Gasteiger partial charge < -0.3 is 9.73 Å². The number of hydrogen-bond donors (Lipinski definition) is 1. The van der Waals surface area contributed by atoms with Gasteiger partial charge in [-0.15, -0.1) is 0 Å². The summed E-state index contributed by atoms with van der Waals surface area (Å²) >= 11 is 0. The van der Waals surface area contributed by atoms with E-state index in [2.05, 4.69) is 5.32 Å². The van der Waals surface area contributed by atoms with Gasteiger partial charge in [0.25, 0.3) is 0 Å². The highest BCUT2D eigenvalue weighted by atomic mass is 19.1. The van der Waals surface area contributed by atoms with Crippen LogP contribution in [-0.4, -0.2) is 19.8 Å². The molecule has 3 heteroatoms. The molecule has 80 valence electrons. The molecule has 1 unspecified atom stereocenters. The van der Waals surface area contributed by atoms with Crippen LogP contribution in [0.5, 0.6) is 0 Å². The predicted molar refractivity (Wildman–Crippen MR) is 58.7 cm³/mol. The standard InChI is InChI=1S/C12H14FNO/c1-14-8-11(13)6-9-2-3-10-4-5-15-12(10)7-9/h2-5,7,11,14H,6,8H2,1H3. The van der Waals surface area contributed by atoms with Gasteiger partial charge in [0, 0.05) is 18.4 Å². The van der Waals surface area contributed by atoms with Crippen LogP contribution in [0.4, 0.5) is 4.39 Å². The normalized spacial score (nSPS) is 13.2. The Morgan fingerprint density at radius 2 is 2.27 bits per heavy atom. The molecule has 0 saturated carbocycles. The van der Waals surface area contributed by atoms with Gasteiger partial charge in [0.05, 0.1) is 6.26 Å². The first kappa shape index (κ1) is 10.2. The average molecular weight is 207 g/mol. The SMILES string of the molecule is CNCC(F)Cc1ccc2ccoc2c1. The molecular formula is C12H14FNO. The Hall–Kier alpha value is -1.35. The van der Waals surface area contributed by atoms with E-state index in [1.807, 2.05) is 24.3 Å². The van der Waals surface area contributed by atoms with Crippen molar-refractivity contribution in [3.63, 3.8) is 0 Å². The van der Waals surface area contributed by atoms with E-state index in [-0.39, 0.29) is 0 Å². The van der Waals surface area contributed by atoms with Crippen LogP contribution in [0.25, 0.3) is 11.0 Å². The lowest BCUT2D eigenvalue weighted by Crippen LogP contribution is -2.21. The summed E-state index contributed by atoms with van der Waals surface area (Å²) in [6.07, 6.45) is 1.23. The van der Waals surface area contributed by atoms with Gasteiger partial charge in [-0.2, -0.15) is 0 Å². The molecule has 1 heterocycles. The van der Waals surface area contributed by atoms with Crippen molar-refractivity contribution < 1.29 is 8.81 Å². The lowest BCUT2D eigenvalue weighted by molar-refractivity contribution is 0.324. The third-order valence-corrected chi connectivity index (χ3v) is 2.40. The second kappa shape index (κ2) is 4.45. The molecule has 0 spiro atoms. The third-order valence-electron chi connectivity index (χ3n) is 2.40. The predicted octanol–water partition coefficient (Wildman–Crippen LogP) is 2.53. The van der Waals surface area contributed by atoms with E-state index in [1.165, 1.54) is 0 Å². The summed E-state index contributed by atoms with van der Waals surface area (Å²) in [5.74, 6) is 0. The number of fused-ring (bicyclic) bond motifs is 1. The number of alkyl halides is 1. The summed E-state index contributed by atoms with van der Waals surface area (Å²) in [5, 5.41) is 3.88. The van der Waals surface area contributed by atoms with Gasteiger partial charge in [-0.25, -0.2) is 4.39 Å². The maximum atomic E-state index is 13.3. The minimum atomic E-state index is -0.845. The van der Waals surface area contributed by atoms with Crippen LogP contribution in [0.2, 0.25) is 0 Å². The van der Waals surface area contributed by atoms with Gasteiger partial charge in [0.15, 0.2) is 0 Å². The molecule has 1 aromatic carbocycles. The monoisotopic (exact) mass is 207 g/mol. The lowest BCUT2D eigenvalue weighted by atomic mass is 10.1. The maximum absolute atomic E-state index is 13.3. The van der Waals surface area contributed by atoms with Crippen molar-refractivity contribution in [2.45, 2.75) is 12.6 Å². The molecule has 0 amide bonds. The van der Waals surface area contributed by atoms with Gasteiger partial charge in [0.2, 0.25) is 0 Å². The zero-order valence-corrected chi connectivity index (χ0v) is 8.66. The molecule has 2 rings (SSSR count). The summed E-state index contributed by atoms with van der Waals surface area (Å²) in [7, 11) is 1.75. The van der Waals surface area contributed by atoms with Crippen LogP contribution in [0.1, 0.15) is 5.56 Å². The van der Waals surface area contributed by atoms with Crippen molar-refractivity contribution in [3.8, 4) is 0 Å². The number of rotatable bonds is 4. The van der Waals surface area contributed by atoms with Crippen molar-refractivity contribution >= 4 is 11.0 Å². The van der Waals surface area contributed by atoms with E-state index in [4.69, 9.17) is 4.42 Å². The van der Waals surface area contributed by atoms with E-state index < -0.39 is 6.17 Å². The van der Waals surface area contributed by atoms with Crippen LogP contribution in [-0.2, 0) is 6.42 Å². The lowest BCUT2D eigenvalue weighted by Gasteiger charge is -2.06. The molecule has 0 aliphatic carbocycles. The molecule has 0 aliphatic heterocycles. The smallest absolute Gasteiger partial charge is 0.134 e. The van der Waals surface area contributed by atoms with Crippen molar-refractivity contribution in [1.29, 1.82) is 0 Å². The Morgan fingerprint density at radius 1 is 1.40 bits per heavy atom. The highest BCUT2D eigenvalue weighted by Gasteiger charge is 2.07. The van der Waals surface area contributed by atoms with E-state index in [0.717, 1.165) is 16.5 Å². The zero-order valence-electron chi connectivity index (χ0n) is 8.66. The summed E-state index contributed by atoms with van der Waals surface area (Å²) in [6.45, 7) is 0.385. The van der Waals surface area contributed by atoms with E-state index in [1.54, 1.807) is 13.3 Å². The number of nitrogens with one attached hydrogen (secondary N) is 1. The number of furan rings is 1. The van der Waals surface area contributed by atoms with Crippen LogP contribution < -0.4 is 5.32 Å². The highest BCUT2D eigenvalue weighted by Crippen LogP contribution is 2.18. The Balaban J connectivity index is 2.14. The second-order valence-electron chi connectivity index (χ2n) is 3.65. The van der Waals surface area contributed by atoms with Crippen molar-refractivity contribution in [1.82, 2.24) is 5.32 Å². The molecule has 2 nitrogen and oxygen atoms in total. The Kier molecular flexibility index (Phi) is 3.02. The molecule has 1 atom stereocenters. The van der Waals surface area contributed by atoms with Crippen LogP contribution in [0.15, 0.2) is 34.9 Å². The molecule has 0 radical (unpaired) electrons. The molecule has 1 N–H and O–H groups in total. The average Bonchev–Trinajstić information content (AvgIpc) is 2.65. The molecule has 0 saturated heterocycles. The first-order chi connectivity index (χ1) is 7.29. The Bertz CT molecular complexity index is 438. The van der Waals surface area contributed by atoms with Crippen LogP contribution >= 0.6 is 0 Å². The highest BCUT2D eigenvalue weighted by molar-refractivity contribution is 5.77. The number of halogens is 1. The summed E-state index contributed by atoms with van der Waals surface area (Å²) < 4.78 is 18.6. The topological polar surface area (TPSA) is 25.2 Å².